The van der Waals surface area contributed by atoms with Gasteiger partial charge in [-0.2, -0.15) is 8.78 Å². The average Bonchev–Trinajstić information content (AvgIpc) is 3.74. The molecule has 1 aliphatic heterocycles. The number of ether oxygens (including phenoxy) is 2. The molecule has 2 aromatic heterocycles. The lowest BCUT2D eigenvalue weighted by atomic mass is 10.1. The number of nitrogens with one attached hydrogen (secondary N) is 1. The van der Waals surface area contributed by atoms with Gasteiger partial charge < -0.3 is 19.7 Å². The van der Waals surface area contributed by atoms with Crippen LogP contribution < -0.4 is 25.2 Å². The van der Waals surface area contributed by atoms with Crippen LogP contribution in [0, 0.1) is 0 Å². The molecule has 6 rings (SSSR count). The lowest BCUT2D eigenvalue weighted by molar-refractivity contribution is -0.122. The fourth-order valence-electron chi connectivity index (χ4n) is 5.51. The van der Waals surface area contributed by atoms with E-state index in [9.17, 15) is 9.59 Å². The van der Waals surface area contributed by atoms with Gasteiger partial charge in [-0.3, -0.25) is 14.2 Å². The Kier molecular flexibility index (Phi) is 8.48. The van der Waals surface area contributed by atoms with Crippen LogP contribution in [0.1, 0.15) is 35.4 Å². The summed E-state index contributed by atoms with van der Waals surface area (Å²) in [6.07, 6.45) is 1.34. The molecule has 1 atom stereocenters. The fraction of sp³-hybridized carbons (Fsp3) is 0.273. The number of nitrogens with zero attached hydrogens (tertiary/aromatic N) is 4. The summed E-state index contributed by atoms with van der Waals surface area (Å²) in [5.41, 5.74) is 0.407. The predicted octanol–water partition coefficient (Wildman–Crippen LogP) is 5.34. The van der Waals surface area contributed by atoms with Crippen molar-refractivity contribution in [1.29, 1.82) is 0 Å². The SMILES string of the molecule is COc1ccc(Cn2c(C(F)(F)c3ccccc3)nc3sc(N4CCCC4C(=O)NCc4ccccc4)nc3c2=O)c(OC)c1. The van der Waals surface area contributed by atoms with Crippen LogP contribution in [0.2, 0.25) is 0 Å². The van der Waals surface area contributed by atoms with Crippen LogP contribution in [0.15, 0.2) is 83.7 Å². The van der Waals surface area contributed by atoms with E-state index in [1.807, 2.05) is 35.2 Å². The molecule has 12 heteroatoms. The monoisotopic (exact) mass is 631 g/mol. The third-order valence-corrected chi connectivity index (χ3v) is 8.85. The van der Waals surface area contributed by atoms with Crippen LogP contribution in [0.5, 0.6) is 11.5 Å². The summed E-state index contributed by atoms with van der Waals surface area (Å²) in [5, 5.41) is 3.37. The number of benzene rings is 3. The van der Waals surface area contributed by atoms with Crippen molar-refractivity contribution in [3.05, 3.63) is 112 Å². The van der Waals surface area contributed by atoms with Crippen molar-refractivity contribution >= 4 is 32.7 Å². The topological polar surface area (TPSA) is 98.6 Å². The maximum Gasteiger partial charge on any atom is 0.330 e. The summed E-state index contributed by atoms with van der Waals surface area (Å²) in [5.74, 6) is -3.59. The zero-order valence-electron chi connectivity index (χ0n) is 24.7. The van der Waals surface area contributed by atoms with Crippen molar-refractivity contribution in [2.75, 3.05) is 25.7 Å². The number of amides is 1. The number of hydrogen-bond donors (Lipinski definition) is 1. The molecule has 3 heterocycles. The van der Waals surface area contributed by atoms with Crippen LogP contribution in [-0.2, 0) is 23.8 Å². The molecule has 3 aromatic carbocycles. The average molecular weight is 632 g/mol. The zero-order chi connectivity index (χ0) is 31.6. The lowest BCUT2D eigenvalue weighted by Gasteiger charge is -2.23. The number of aromatic nitrogens is 3. The molecule has 1 amide bonds. The standard InChI is InChI=1S/C33H31F2N5O4S/c1-43-24-16-15-22(26(18-24)44-2)20-40-30(42)27-29(38-31(40)33(34,35)23-12-7-4-8-13-23)45-32(37-27)39-17-9-14-25(39)28(41)36-19-21-10-5-3-6-11-21/h3-8,10-13,15-16,18,25H,9,14,17,19-20H2,1-2H3,(H,36,41). The molecule has 0 aliphatic carbocycles. The van der Waals surface area contributed by atoms with E-state index in [0.717, 1.165) is 27.9 Å². The zero-order valence-corrected chi connectivity index (χ0v) is 25.5. The summed E-state index contributed by atoms with van der Waals surface area (Å²) >= 11 is 1.03. The molecule has 1 fully saturated rings. The highest BCUT2D eigenvalue weighted by molar-refractivity contribution is 7.21. The van der Waals surface area contributed by atoms with Crippen molar-refractivity contribution in [2.45, 2.75) is 37.9 Å². The number of alkyl halides is 2. The number of carbonyl (C=O) groups excluding carboxylic acids is 1. The summed E-state index contributed by atoms with van der Waals surface area (Å²) in [6, 6.07) is 21.3. The van der Waals surface area contributed by atoms with Crippen molar-refractivity contribution in [2.24, 2.45) is 0 Å². The van der Waals surface area contributed by atoms with E-state index in [1.165, 1.54) is 38.5 Å². The molecule has 1 aliphatic rings. The van der Waals surface area contributed by atoms with E-state index in [2.05, 4.69) is 15.3 Å². The third kappa shape index (κ3) is 5.97. The molecule has 232 valence electrons. The minimum Gasteiger partial charge on any atom is -0.497 e. The van der Waals surface area contributed by atoms with Gasteiger partial charge >= 0.3 is 5.92 Å². The normalized spacial score (nSPS) is 14.9. The Morgan fingerprint density at radius 1 is 1.02 bits per heavy atom. The molecule has 5 aromatic rings. The second kappa shape index (κ2) is 12.6. The van der Waals surface area contributed by atoms with Gasteiger partial charge in [0.1, 0.15) is 17.5 Å². The van der Waals surface area contributed by atoms with E-state index in [4.69, 9.17) is 9.47 Å². The molecular formula is C33H31F2N5O4S. The van der Waals surface area contributed by atoms with Crippen LogP contribution >= 0.6 is 11.3 Å². The van der Waals surface area contributed by atoms with Gasteiger partial charge in [-0.05, 0) is 30.5 Å². The molecular weight excluding hydrogens is 600 g/mol. The minimum atomic E-state index is -3.61. The van der Waals surface area contributed by atoms with E-state index in [-0.39, 0.29) is 28.4 Å². The smallest absolute Gasteiger partial charge is 0.330 e. The van der Waals surface area contributed by atoms with E-state index < -0.39 is 23.3 Å². The van der Waals surface area contributed by atoms with Crippen LogP contribution in [0.25, 0.3) is 10.3 Å². The Hall–Kier alpha value is -4.84. The van der Waals surface area contributed by atoms with Crippen molar-refractivity contribution in [3.63, 3.8) is 0 Å². The molecule has 1 saturated heterocycles. The quantitative estimate of drug-likeness (QED) is 0.222. The molecule has 0 spiro atoms. The van der Waals surface area contributed by atoms with E-state index in [0.29, 0.717) is 41.7 Å². The molecule has 0 bridgehead atoms. The van der Waals surface area contributed by atoms with Crippen LogP contribution in [0.3, 0.4) is 0 Å². The highest BCUT2D eigenvalue weighted by atomic mass is 32.1. The number of methoxy groups -OCH3 is 2. The summed E-state index contributed by atoms with van der Waals surface area (Å²) in [4.78, 5) is 38.1. The number of carbonyl (C=O) groups is 1. The number of fused-ring (bicyclic) bond motifs is 1. The second-order valence-corrected chi connectivity index (χ2v) is 11.6. The molecule has 9 nitrogen and oxygen atoms in total. The number of hydrogen-bond acceptors (Lipinski definition) is 8. The first-order chi connectivity index (χ1) is 21.8. The molecule has 1 N–H and O–H groups in total. The Morgan fingerprint density at radius 2 is 1.76 bits per heavy atom. The van der Waals surface area contributed by atoms with Gasteiger partial charge in [0, 0.05) is 30.3 Å². The minimum absolute atomic E-state index is 0.0366. The Bertz CT molecular complexity index is 1880. The Labute approximate surface area is 262 Å². The van der Waals surface area contributed by atoms with Gasteiger partial charge in [-0.15, -0.1) is 0 Å². The molecule has 0 radical (unpaired) electrons. The van der Waals surface area contributed by atoms with Gasteiger partial charge in [0.25, 0.3) is 5.56 Å². The van der Waals surface area contributed by atoms with Gasteiger partial charge in [-0.25, -0.2) is 9.97 Å². The lowest BCUT2D eigenvalue weighted by Crippen LogP contribution is -2.43. The fourth-order valence-corrected chi connectivity index (χ4v) is 6.51. The predicted molar refractivity (Wildman–Crippen MR) is 168 cm³/mol. The Morgan fingerprint density at radius 3 is 2.47 bits per heavy atom. The second-order valence-electron chi connectivity index (χ2n) is 10.6. The summed E-state index contributed by atoms with van der Waals surface area (Å²) in [6.45, 7) is 0.671. The first kappa shape index (κ1) is 30.2. The largest absolute Gasteiger partial charge is 0.497 e. The van der Waals surface area contributed by atoms with Crippen molar-refractivity contribution in [3.8, 4) is 11.5 Å². The van der Waals surface area contributed by atoms with Gasteiger partial charge in [0.15, 0.2) is 21.3 Å². The van der Waals surface area contributed by atoms with Gasteiger partial charge in [-0.1, -0.05) is 72.0 Å². The maximum atomic E-state index is 16.2. The summed E-state index contributed by atoms with van der Waals surface area (Å²) in [7, 11) is 2.96. The maximum absolute atomic E-state index is 16.2. The number of thiazole rings is 1. The van der Waals surface area contributed by atoms with Crippen LogP contribution in [-0.4, -0.2) is 47.2 Å². The number of anilines is 1. The van der Waals surface area contributed by atoms with E-state index >= 15 is 8.78 Å². The first-order valence-corrected chi connectivity index (χ1v) is 15.3. The molecule has 0 saturated carbocycles. The van der Waals surface area contributed by atoms with Crippen LogP contribution in [0.4, 0.5) is 13.9 Å². The third-order valence-electron chi connectivity index (χ3n) is 7.86. The van der Waals surface area contributed by atoms with Gasteiger partial charge in [0.05, 0.1) is 20.8 Å². The van der Waals surface area contributed by atoms with Crippen molar-refractivity contribution in [1.82, 2.24) is 19.9 Å². The first-order valence-electron chi connectivity index (χ1n) is 14.4. The highest BCUT2D eigenvalue weighted by Gasteiger charge is 2.41. The van der Waals surface area contributed by atoms with E-state index in [1.54, 1.807) is 24.3 Å². The summed E-state index contributed by atoms with van der Waals surface area (Å²) < 4.78 is 44.1. The molecule has 1 unspecified atom stereocenters. The number of halogens is 2. The van der Waals surface area contributed by atoms with Crippen molar-refractivity contribution < 1.29 is 23.0 Å². The number of rotatable bonds is 10. The highest BCUT2D eigenvalue weighted by Crippen LogP contribution is 2.38. The Balaban J connectivity index is 1.40. The van der Waals surface area contributed by atoms with Gasteiger partial charge in [0.2, 0.25) is 5.91 Å². The molecule has 45 heavy (non-hydrogen) atoms.